The van der Waals surface area contributed by atoms with Crippen LogP contribution < -0.4 is 4.90 Å². The van der Waals surface area contributed by atoms with E-state index < -0.39 is 5.41 Å². The average molecular weight is 571 g/mol. The molecule has 0 spiro atoms. The van der Waals surface area contributed by atoms with E-state index in [2.05, 4.69) is 65.4 Å². The van der Waals surface area contributed by atoms with Crippen molar-refractivity contribution in [1.29, 1.82) is 5.26 Å². The molecule has 5 heteroatoms. The molecule has 6 aromatic rings. The Morgan fingerprint density at radius 1 is 0.727 bits per heavy atom. The van der Waals surface area contributed by atoms with Crippen LogP contribution in [0.1, 0.15) is 33.4 Å². The highest BCUT2D eigenvalue weighted by molar-refractivity contribution is 6.10. The van der Waals surface area contributed by atoms with Gasteiger partial charge < -0.3 is 4.90 Å². The molecular formula is C39H30N4O. The molecule has 4 aromatic carbocycles. The average Bonchev–Trinajstić information content (AvgIpc) is 3.29. The first-order valence-electron chi connectivity index (χ1n) is 14.8. The van der Waals surface area contributed by atoms with Crippen molar-refractivity contribution in [2.24, 2.45) is 0 Å². The van der Waals surface area contributed by atoms with E-state index in [1.165, 1.54) is 5.39 Å². The Morgan fingerprint density at radius 3 is 2.00 bits per heavy atom. The molecule has 0 saturated heterocycles. The molecule has 0 radical (unpaired) electrons. The van der Waals surface area contributed by atoms with Gasteiger partial charge in [0.25, 0.3) is 0 Å². The van der Waals surface area contributed by atoms with Crippen LogP contribution in [0.3, 0.4) is 0 Å². The van der Waals surface area contributed by atoms with Gasteiger partial charge in [-0.25, -0.2) is 0 Å². The minimum atomic E-state index is -0.817. The number of rotatable bonds is 7. The third kappa shape index (κ3) is 4.81. The first kappa shape index (κ1) is 27.2. The molecule has 0 unspecified atom stereocenters. The van der Waals surface area contributed by atoms with Gasteiger partial charge in [-0.3, -0.25) is 14.8 Å². The summed E-state index contributed by atoms with van der Waals surface area (Å²) in [6, 6.07) is 36.9. The van der Waals surface area contributed by atoms with E-state index in [0.717, 1.165) is 50.0 Å². The Labute approximate surface area is 257 Å². The highest BCUT2D eigenvalue weighted by atomic mass is 16.2. The zero-order valence-electron chi connectivity index (χ0n) is 24.4. The van der Waals surface area contributed by atoms with Crippen LogP contribution in [0.2, 0.25) is 0 Å². The number of pyridine rings is 2. The number of amides is 1. The number of aromatic nitrogens is 2. The number of hydrogen-bond acceptors (Lipinski definition) is 4. The van der Waals surface area contributed by atoms with Crippen molar-refractivity contribution in [2.45, 2.75) is 31.7 Å². The third-order valence-corrected chi connectivity index (χ3v) is 8.86. The number of carbonyl (C=O) groups excluding carboxylic acids is 1. The fourth-order valence-corrected chi connectivity index (χ4v) is 6.72. The summed E-state index contributed by atoms with van der Waals surface area (Å²) in [5.74, 6) is 0.0920. The zero-order chi connectivity index (χ0) is 30.1. The first-order chi connectivity index (χ1) is 21.6. The predicted molar refractivity (Wildman–Crippen MR) is 174 cm³/mol. The number of nitriles is 1. The lowest BCUT2D eigenvalue weighted by Crippen LogP contribution is -2.43. The van der Waals surface area contributed by atoms with Crippen LogP contribution in [0.5, 0.6) is 0 Å². The Morgan fingerprint density at radius 2 is 1.36 bits per heavy atom. The van der Waals surface area contributed by atoms with Gasteiger partial charge in [-0.05, 0) is 112 Å². The third-order valence-electron chi connectivity index (χ3n) is 8.86. The molecule has 7 rings (SSSR count). The maximum absolute atomic E-state index is 15.1. The van der Waals surface area contributed by atoms with E-state index in [1.807, 2.05) is 65.6 Å². The predicted octanol–water partition coefficient (Wildman–Crippen LogP) is 7.75. The summed E-state index contributed by atoms with van der Waals surface area (Å²) in [6.45, 7) is 2.57. The van der Waals surface area contributed by atoms with Crippen LogP contribution >= 0.6 is 0 Å². The van der Waals surface area contributed by atoms with Gasteiger partial charge in [0.2, 0.25) is 5.91 Å². The molecule has 3 heterocycles. The zero-order valence-corrected chi connectivity index (χ0v) is 24.4. The summed E-state index contributed by atoms with van der Waals surface area (Å²) in [7, 11) is 0. The summed E-state index contributed by atoms with van der Waals surface area (Å²) >= 11 is 0. The van der Waals surface area contributed by atoms with E-state index in [4.69, 9.17) is 0 Å². The lowest BCUT2D eigenvalue weighted by atomic mass is 9.71. The summed E-state index contributed by atoms with van der Waals surface area (Å²) in [6.07, 6.45) is 8.27. The highest BCUT2D eigenvalue weighted by Gasteiger charge is 2.51. The van der Waals surface area contributed by atoms with E-state index in [0.29, 0.717) is 24.9 Å². The summed E-state index contributed by atoms with van der Waals surface area (Å²) in [4.78, 5) is 25.6. The number of anilines is 1. The van der Waals surface area contributed by atoms with E-state index >= 15 is 4.79 Å². The topological polar surface area (TPSA) is 69.9 Å². The molecule has 0 fully saturated rings. The smallest absolute Gasteiger partial charge is 0.238 e. The molecule has 212 valence electrons. The van der Waals surface area contributed by atoms with Crippen LogP contribution in [0.4, 0.5) is 5.69 Å². The van der Waals surface area contributed by atoms with Crippen molar-refractivity contribution in [3.8, 4) is 17.2 Å². The van der Waals surface area contributed by atoms with Crippen LogP contribution in [0, 0.1) is 18.3 Å². The van der Waals surface area contributed by atoms with Crippen LogP contribution in [-0.2, 0) is 29.6 Å². The highest BCUT2D eigenvalue weighted by Crippen LogP contribution is 2.50. The van der Waals surface area contributed by atoms with Crippen LogP contribution in [-0.4, -0.2) is 15.9 Å². The Balaban J connectivity index is 1.42. The van der Waals surface area contributed by atoms with Crippen molar-refractivity contribution < 1.29 is 4.79 Å². The van der Waals surface area contributed by atoms with Crippen molar-refractivity contribution in [3.63, 3.8) is 0 Å². The number of nitrogens with zero attached hydrogens (tertiary/aromatic N) is 4. The summed E-state index contributed by atoms with van der Waals surface area (Å²) in [5, 5.41) is 11.7. The molecule has 0 aliphatic carbocycles. The maximum Gasteiger partial charge on any atom is 0.238 e. The quantitative estimate of drug-likeness (QED) is 0.197. The van der Waals surface area contributed by atoms with Crippen molar-refractivity contribution in [1.82, 2.24) is 9.97 Å². The molecular weight excluding hydrogens is 540 g/mol. The van der Waals surface area contributed by atoms with E-state index in [1.54, 1.807) is 24.8 Å². The lowest BCUT2D eigenvalue weighted by molar-refractivity contribution is -0.123. The minimum Gasteiger partial charge on any atom is -0.307 e. The lowest BCUT2D eigenvalue weighted by Gasteiger charge is -2.29. The fraction of sp³-hybridized carbons (Fsp3) is 0.128. The van der Waals surface area contributed by atoms with Gasteiger partial charge in [-0.15, -0.1) is 0 Å². The Bertz CT molecular complexity index is 1990. The van der Waals surface area contributed by atoms with E-state index in [9.17, 15) is 5.26 Å². The fourth-order valence-electron chi connectivity index (χ4n) is 6.72. The molecule has 5 nitrogen and oxygen atoms in total. The first-order valence-corrected chi connectivity index (χ1v) is 14.8. The standard InChI is InChI=1S/C39H30N4O/c1-27-35(33-10-6-30(25-40)7-11-33)12-13-36-37(27)43(26-31-8-9-32-4-2-3-5-34(32)22-31)38(44)39(36,23-28-14-18-41-19-15-28)24-29-16-20-42-21-17-29/h2-22H,23-24,26H2,1H3. The molecule has 1 aliphatic heterocycles. The molecule has 0 N–H and O–H groups in total. The second kappa shape index (κ2) is 11.2. The van der Waals surface area contributed by atoms with Crippen molar-refractivity contribution >= 4 is 22.4 Å². The van der Waals surface area contributed by atoms with Crippen molar-refractivity contribution in [2.75, 3.05) is 4.90 Å². The number of fused-ring (bicyclic) bond motifs is 2. The van der Waals surface area contributed by atoms with E-state index in [-0.39, 0.29) is 5.91 Å². The maximum atomic E-state index is 15.1. The van der Waals surface area contributed by atoms with Crippen LogP contribution in [0.15, 0.2) is 128 Å². The molecule has 0 bridgehead atoms. The van der Waals surface area contributed by atoms with Gasteiger partial charge in [0.1, 0.15) is 0 Å². The van der Waals surface area contributed by atoms with Gasteiger partial charge in [-0.1, -0.05) is 60.7 Å². The van der Waals surface area contributed by atoms with Gasteiger partial charge in [0, 0.05) is 24.8 Å². The van der Waals surface area contributed by atoms with Gasteiger partial charge in [0.05, 0.1) is 29.3 Å². The monoisotopic (exact) mass is 570 g/mol. The Hall–Kier alpha value is -5.60. The minimum absolute atomic E-state index is 0.0920. The number of carbonyl (C=O) groups is 1. The second-order valence-corrected chi connectivity index (χ2v) is 11.5. The largest absolute Gasteiger partial charge is 0.307 e. The van der Waals surface area contributed by atoms with Gasteiger partial charge in [-0.2, -0.15) is 5.26 Å². The molecule has 44 heavy (non-hydrogen) atoms. The summed E-state index contributed by atoms with van der Waals surface area (Å²) in [5.41, 5.74) is 8.13. The van der Waals surface area contributed by atoms with Crippen molar-refractivity contribution in [3.05, 3.63) is 161 Å². The molecule has 1 amide bonds. The molecule has 0 saturated carbocycles. The van der Waals surface area contributed by atoms with Gasteiger partial charge in [0.15, 0.2) is 0 Å². The molecule has 2 aromatic heterocycles. The summed E-state index contributed by atoms with van der Waals surface area (Å²) < 4.78 is 0. The Kier molecular flexibility index (Phi) is 6.96. The molecule has 0 atom stereocenters. The van der Waals surface area contributed by atoms with Gasteiger partial charge >= 0.3 is 0 Å². The molecule has 1 aliphatic rings. The number of hydrogen-bond donors (Lipinski definition) is 0. The van der Waals surface area contributed by atoms with Crippen LogP contribution in [0.25, 0.3) is 21.9 Å². The normalized spacial score (nSPS) is 13.5. The SMILES string of the molecule is Cc1c(-c2ccc(C#N)cc2)ccc2c1N(Cc1ccc3ccccc3c1)C(=O)C2(Cc1ccncc1)Cc1ccncc1. The number of benzene rings is 4. The second-order valence-electron chi connectivity index (χ2n) is 11.5.